The number of likely N-dealkylation sites (tertiary alicyclic amines) is 1. The summed E-state index contributed by atoms with van der Waals surface area (Å²) in [6.45, 7) is 6.95. The van der Waals surface area contributed by atoms with Crippen molar-refractivity contribution in [3.8, 4) is 5.75 Å². The van der Waals surface area contributed by atoms with Crippen LogP contribution in [0.25, 0.3) is 10.9 Å². The number of nitrogens with zero attached hydrogens (tertiary/aromatic N) is 2. The summed E-state index contributed by atoms with van der Waals surface area (Å²) in [7, 11) is 0. The highest BCUT2D eigenvalue weighted by Crippen LogP contribution is 2.43. The molecule has 3 atom stereocenters. The fourth-order valence-corrected chi connectivity index (χ4v) is 6.46. The molecule has 40 heavy (non-hydrogen) atoms. The molecule has 2 aliphatic heterocycles. The molecule has 0 radical (unpaired) electrons. The number of rotatable bonds is 9. The Kier molecular flexibility index (Phi) is 7.60. The SMILES string of the molecule is C[C@@H]1Cc2c([nH]c3ccccc23)[C@@H](c2c(F)cc(OCCN3CC(CF)C3)cc2F)N1C[C@H](C)c1ccccc1. The van der Waals surface area contributed by atoms with Crippen LogP contribution in [0.1, 0.15) is 48.2 Å². The van der Waals surface area contributed by atoms with E-state index in [0.717, 1.165) is 28.6 Å². The van der Waals surface area contributed by atoms with E-state index < -0.39 is 17.7 Å². The van der Waals surface area contributed by atoms with Gasteiger partial charge in [0.1, 0.15) is 24.0 Å². The van der Waals surface area contributed by atoms with E-state index in [2.05, 4.69) is 46.8 Å². The van der Waals surface area contributed by atoms with Crippen molar-refractivity contribution in [2.75, 3.05) is 39.5 Å². The lowest BCUT2D eigenvalue weighted by atomic mass is 9.86. The van der Waals surface area contributed by atoms with Gasteiger partial charge in [0.15, 0.2) is 0 Å². The topological polar surface area (TPSA) is 31.5 Å². The van der Waals surface area contributed by atoms with Crippen molar-refractivity contribution >= 4 is 10.9 Å². The molecule has 0 aliphatic carbocycles. The molecule has 6 rings (SSSR count). The van der Waals surface area contributed by atoms with E-state index in [0.29, 0.717) is 32.8 Å². The van der Waals surface area contributed by atoms with Crippen LogP contribution in [-0.2, 0) is 6.42 Å². The zero-order chi connectivity index (χ0) is 27.8. The Balaban J connectivity index is 1.32. The molecule has 0 spiro atoms. The third kappa shape index (κ3) is 5.13. The lowest BCUT2D eigenvalue weighted by Gasteiger charge is -2.42. The molecule has 4 aromatic rings. The number of fused-ring (bicyclic) bond motifs is 3. The van der Waals surface area contributed by atoms with Gasteiger partial charge in [-0.25, -0.2) is 8.78 Å². The van der Waals surface area contributed by atoms with Gasteiger partial charge < -0.3 is 9.72 Å². The van der Waals surface area contributed by atoms with Gasteiger partial charge in [-0.15, -0.1) is 0 Å². The van der Waals surface area contributed by atoms with Crippen LogP contribution >= 0.6 is 0 Å². The number of alkyl halides is 1. The van der Waals surface area contributed by atoms with Crippen molar-refractivity contribution in [3.05, 3.63) is 101 Å². The third-order valence-corrected chi connectivity index (χ3v) is 8.62. The number of para-hydroxylation sites is 1. The zero-order valence-corrected chi connectivity index (χ0v) is 23.0. The van der Waals surface area contributed by atoms with E-state index in [1.165, 1.54) is 17.7 Å². The van der Waals surface area contributed by atoms with Crippen molar-refractivity contribution < 1.29 is 17.9 Å². The van der Waals surface area contributed by atoms with Crippen LogP contribution in [0.3, 0.4) is 0 Å². The number of hydrogen-bond acceptors (Lipinski definition) is 3. The van der Waals surface area contributed by atoms with E-state index in [-0.39, 0.29) is 35.9 Å². The average Bonchev–Trinajstić information content (AvgIpc) is 3.29. The molecule has 3 heterocycles. The molecule has 0 amide bonds. The monoisotopic (exact) mass is 547 g/mol. The molecule has 210 valence electrons. The maximum absolute atomic E-state index is 16.0. The van der Waals surface area contributed by atoms with Gasteiger partial charge in [0.25, 0.3) is 0 Å². The predicted octanol–water partition coefficient (Wildman–Crippen LogP) is 6.87. The van der Waals surface area contributed by atoms with Crippen LogP contribution in [0, 0.1) is 17.6 Å². The Labute approximate surface area is 233 Å². The number of ether oxygens (including phenoxy) is 1. The van der Waals surface area contributed by atoms with Gasteiger partial charge in [0.05, 0.1) is 12.7 Å². The molecule has 1 fully saturated rings. The van der Waals surface area contributed by atoms with E-state index in [9.17, 15) is 4.39 Å². The van der Waals surface area contributed by atoms with Gasteiger partial charge in [-0.3, -0.25) is 14.2 Å². The Morgan fingerprint density at radius 1 is 1.00 bits per heavy atom. The van der Waals surface area contributed by atoms with Gasteiger partial charge in [0.2, 0.25) is 0 Å². The third-order valence-electron chi connectivity index (χ3n) is 8.62. The van der Waals surface area contributed by atoms with Crippen LogP contribution in [-0.4, -0.2) is 60.3 Å². The van der Waals surface area contributed by atoms with E-state index in [1.807, 2.05) is 36.4 Å². The highest BCUT2D eigenvalue weighted by atomic mass is 19.1. The molecule has 1 saturated heterocycles. The molecule has 0 saturated carbocycles. The number of nitrogens with one attached hydrogen (secondary N) is 1. The summed E-state index contributed by atoms with van der Waals surface area (Å²) in [4.78, 5) is 7.85. The molecule has 1 N–H and O–H groups in total. The van der Waals surface area contributed by atoms with Gasteiger partial charge in [0, 0.05) is 72.4 Å². The molecular weight excluding hydrogens is 511 g/mol. The largest absolute Gasteiger partial charge is 0.492 e. The second-order valence-electron chi connectivity index (χ2n) is 11.5. The molecule has 0 unspecified atom stereocenters. The minimum Gasteiger partial charge on any atom is -0.492 e. The molecule has 4 nitrogen and oxygen atoms in total. The number of halogens is 3. The van der Waals surface area contributed by atoms with Crippen molar-refractivity contribution in [1.29, 1.82) is 0 Å². The number of aromatic nitrogens is 1. The van der Waals surface area contributed by atoms with E-state index in [1.54, 1.807) is 0 Å². The van der Waals surface area contributed by atoms with Crippen molar-refractivity contribution in [2.45, 2.75) is 38.3 Å². The molecular formula is C33H36F3N3O. The summed E-state index contributed by atoms with van der Waals surface area (Å²) in [5.74, 6) is -0.792. The van der Waals surface area contributed by atoms with Gasteiger partial charge in [-0.2, -0.15) is 0 Å². The minimum absolute atomic E-state index is 0.0421. The van der Waals surface area contributed by atoms with Crippen LogP contribution in [0.2, 0.25) is 0 Å². The highest BCUT2D eigenvalue weighted by Gasteiger charge is 2.39. The average molecular weight is 548 g/mol. The Hall–Kier alpha value is -3.29. The number of benzene rings is 3. The second-order valence-corrected chi connectivity index (χ2v) is 11.5. The summed E-state index contributed by atoms with van der Waals surface area (Å²) >= 11 is 0. The van der Waals surface area contributed by atoms with Crippen molar-refractivity contribution in [2.24, 2.45) is 5.92 Å². The summed E-state index contributed by atoms with van der Waals surface area (Å²) < 4.78 is 50.3. The number of H-pyrrole nitrogens is 1. The lowest BCUT2D eigenvalue weighted by molar-refractivity contribution is 0.0667. The quantitative estimate of drug-likeness (QED) is 0.248. The predicted molar refractivity (Wildman–Crippen MR) is 153 cm³/mol. The van der Waals surface area contributed by atoms with Crippen molar-refractivity contribution in [3.63, 3.8) is 0 Å². The van der Waals surface area contributed by atoms with Gasteiger partial charge >= 0.3 is 0 Å². The summed E-state index contributed by atoms with van der Waals surface area (Å²) in [5.41, 5.74) is 4.19. The van der Waals surface area contributed by atoms with Crippen LogP contribution in [0.5, 0.6) is 5.75 Å². The van der Waals surface area contributed by atoms with E-state index >= 15 is 8.78 Å². The fourth-order valence-electron chi connectivity index (χ4n) is 6.46. The lowest BCUT2D eigenvalue weighted by Crippen LogP contribution is -2.49. The molecule has 0 bridgehead atoms. The second kappa shape index (κ2) is 11.3. The highest BCUT2D eigenvalue weighted by molar-refractivity contribution is 5.85. The minimum atomic E-state index is -0.613. The molecule has 1 aromatic heterocycles. The first-order valence-electron chi connectivity index (χ1n) is 14.2. The van der Waals surface area contributed by atoms with Crippen molar-refractivity contribution in [1.82, 2.24) is 14.8 Å². The molecule has 3 aromatic carbocycles. The Bertz CT molecular complexity index is 1440. The molecule has 7 heteroatoms. The standard InChI is InChI=1S/C33H36F3N3O/c1-21(24-8-4-3-5-9-24)18-39-22(2)14-27-26-10-6-7-11-30(26)37-32(27)33(39)31-28(35)15-25(16-29(31)36)40-13-12-38-19-23(17-34)20-38/h3-11,15-16,21-23,33,37H,12-14,17-20H2,1-2H3/t21-,22+,33+/m0/s1. The van der Waals surface area contributed by atoms with Gasteiger partial charge in [-0.1, -0.05) is 55.5 Å². The van der Waals surface area contributed by atoms with Crippen LogP contribution in [0.15, 0.2) is 66.7 Å². The molecule has 2 aliphatic rings. The summed E-state index contributed by atoms with van der Waals surface area (Å²) in [6.07, 6.45) is 0.793. The first kappa shape index (κ1) is 26.9. The Morgan fingerprint density at radius 3 is 2.42 bits per heavy atom. The zero-order valence-electron chi connectivity index (χ0n) is 23.0. The number of aromatic amines is 1. The normalized spacial score (nSPS) is 20.8. The smallest absolute Gasteiger partial charge is 0.135 e. The van der Waals surface area contributed by atoms with Crippen LogP contribution in [0.4, 0.5) is 13.2 Å². The Morgan fingerprint density at radius 2 is 1.70 bits per heavy atom. The maximum Gasteiger partial charge on any atom is 0.135 e. The first-order chi connectivity index (χ1) is 19.4. The number of hydrogen-bond donors (Lipinski definition) is 1. The van der Waals surface area contributed by atoms with E-state index in [4.69, 9.17) is 4.74 Å². The summed E-state index contributed by atoms with van der Waals surface area (Å²) in [5, 5.41) is 1.10. The summed E-state index contributed by atoms with van der Waals surface area (Å²) in [6, 6.07) is 20.4. The van der Waals surface area contributed by atoms with Gasteiger partial charge in [-0.05, 0) is 36.5 Å². The van der Waals surface area contributed by atoms with Crippen LogP contribution < -0.4 is 4.74 Å². The maximum atomic E-state index is 16.0. The first-order valence-corrected chi connectivity index (χ1v) is 14.2. The fraction of sp³-hybridized carbons (Fsp3) is 0.394.